The minimum absolute atomic E-state index is 0.0571. The second-order valence-corrected chi connectivity index (χ2v) is 8.58. The molecule has 36 heavy (non-hydrogen) atoms. The lowest BCUT2D eigenvalue weighted by atomic mass is 10.0. The van der Waals surface area contributed by atoms with E-state index < -0.39 is 29.6 Å². The van der Waals surface area contributed by atoms with Gasteiger partial charge in [0.05, 0.1) is 18.5 Å². The summed E-state index contributed by atoms with van der Waals surface area (Å²) in [6, 6.07) is 16.6. The number of halogens is 1. The summed E-state index contributed by atoms with van der Waals surface area (Å²) in [7, 11) is 0. The molecule has 0 saturated heterocycles. The van der Waals surface area contributed by atoms with Crippen molar-refractivity contribution in [2.75, 3.05) is 5.73 Å². The number of nitrogens with two attached hydrogens (primary N) is 2. The number of nitrogens with one attached hydrogen (secondary N) is 1. The van der Waals surface area contributed by atoms with Gasteiger partial charge < -0.3 is 26.1 Å². The van der Waals surface area contributed by atoms with Crippen molar-refractivity contribution in [2.45, 2.75) is 19.1 Å². The number of hydrogen-bond donors (Lipinski definition) is 3. The van der Waals surface area contributed by atoms with Gasteiger partial charge in [-0.15, -0.1) is 0 Å². The van der Waals surface area contributed by atoms with Crippen LogP contribution in [0.5, 0.6) is 0 Å². The highest BCUT2D eigenvalue weighted by atomic mass is 32.1. The van der Waals surface area contributed by atoms with Crippen LogP contribution in [0.2, 0.25) is 0 Å². The minimum Gasteiger partial charge on any atom is -0.467 e. The van der Waals surface area contributed by atoms with Crippen LogP contribution >= 0.6 is 11.5 Å². The Bertz CT molecular complexity index is 1360. The maximum atomic E-state index is 13.8. The molecule has 2 heterocycles. The maximum Gasteiger partial charge on any atom is 0.270 e. The Labute approximate surface area is 209 Å². The summed E-state index contributed by atoms with van der Waals surface area (Å²) < 4.78 is 23.1. The lowest BCUT2D eigenvalue weighted by molar-refractivity contribution is -0.126. The van der Waals surface area contributed by atoms with Crippen molar-refractivity contribution in [1.82, 2.24) is 14.6 Å². The summed E-state index contributed by atoms with van der Waals surface area (Å²) in [6.07, 6.45) is 1.44. The highest BCUT2D eigenvalue weighted by Gasteiger charge is 2.35. The van der Waals surface area contributed by atoms with Crippen molar-refractivity contribution in [3.8, 4) is 0 Å². The van der Waals surface area contributed by atoms with Crippen LogP contribution in [0.3, 0.4) is 0 Å². The van der Waals surface area contributed by atoms with Crippen molar-refractivity contribution in [1.29, 1.82) is 0 Å². The fraction of sp³-hybridized carbons (Fsp3) is 0.120. The molecule has 1 atom stereocenters. The quantitative estimate of drug-likeness (QED) is 0.317. The van der Waals surface area contributed by atoms with E-state index in [1.807, 2.05) is 30.3 Å². The van der Waals surface area contributed by atoms with Crippen molar-refractivity contribution >= 4 is 34.9 Å². The Morgan fingerprint density at radius 2 is 1.78 bits per heavy atom. The van der Waals surface area contributed by atoms with E-state index in [4.69, 9.17) is 15.9 Å². The van der Waals surface area contributed by atoms with E-state index in [1.54, 1.807) is 12.1 Å². The zero-order valence-electron chi connectivity index (χ0n) is 18.9. The Morgan fingerprint density at radius 3 is 2.39 bits per heavy atom. The number of nitrogens with zero attached hydrogens (tertiary/aromatic N) is 2. The summed E-state index contributed by atoms with van der Waals surface area (Å²) >= 11 is 0.701. The fourth-order valence-electron chi connectivity index (χ4n) is 3.61. The molecule has 3 amide bonds. The molecule has 1 unspecified atom stereocenters. The molecule has 0 saturated carbocycles. The maximum absolute atomic E-state index is 13.8. The fourth-order valence-corrected chi connectivity index (χ4v) is 4.37. The summed E-state index contributed by atoms with van der Waals surface area (Å²) in [5, 5.41) is 2.84. The van der Waals surface area contributed by atoms with E-state index in [1.165, 1.54) is 35.4 Å². The largest absolute Gasteiger partial charge is 0.467 e. The summed E-state index contributed by atoms with van der Waals surface area (Å²) in [5.74, 6) is -2.16. The third-order valence-electron chi connectivity index (χ3n) is 5.38. The average molecular weight is 508 g/mol. The number of furan rings is 1. The Morgan fingerprint density at radius 1 is 1.06 bits per heavy atom. The Kier molecular flexibility index (Phi) is 7.40. The molecule has 2 aromatic heterocycles. The number of aromatic nitrogens is 1. The van der Waals surface area contributed by atoms with Crippen LogP contribution in [-0.4, -0.2) is 27.0 Å². The number of anilines is 1. The van der Waals surface area contributed by atoms with Crippen LogP contribution in [0.1, 0.15) is 43.1 Å². The number of amides is 3. The number of carbonyl (C=O) groups excluding carboxylic acids is 3. The molecule has 0 fully saturated rings. The normalized spacial score (nSPS) is 11.6. The van der Waals surface area contributed by atoms with Crippen LogP contribution in [0.15, 0.2) is 77.4 Å². The lowest BCUT2D eigenvalue weighted by Crippen LogP contribution is -2.43. The number of nitrogen functional groups attached to an aromatic ring is 1. The molecular formula is C25H22FN5O4S. The van der Waals surface area contributed by atoms with Gasteiger partial charge in [0.1, 0.15) is 22.5 Å². The van der Waals surface area contributed by atoms with E-state index in [-0.39, 0.29) is 29.3 Å². The predicted molar refractivity (Wildman–Crippen MR) is 131 cm³/mol. The first-order valence-corrected chi connectivity index (χ1v) is 11.6. The molecular weight excluding hydrogens is 485 g/mol. The molecule has 0 aliphatic heterocycles. The molecule has 2 aromatic carbocycles. The topological polar surface area (TPSA) is 145 Å². The molecule has 0 radical (unpaired) electrons. The van der Waals surface area contributed by atoms with E-state index in [2.05, 4.69) is 9.69 Å². The van der Waals surface area contributed by atoms with Gasteiger partial charge in [0.15, 0.2) is 5.69 Å². The van der Waals surface area contributed by atoms with Crippen molar-refractivity contribution in [3.63, 3.8) is 0 Å². The second-order valence-electron chi connectivity index (χ2n) is 7.81. The summed E-state index contributed by atoms with van der Waals surface area (Å²) in [6.45, 7) is 0.0878. The van der Waals surface area contributed by atoms with Gasteiger partial charge in [-0.1, -0.05) is 42.5 Å². The minimum atomic E-state index is -1.19. The number of benzene rings is 2. The van der Waals surface area contributed by atoms with Crippen LogP contribution in [0.4, 0.5) is 10.1 Å². The molecule has 0 aliphatic carbocycles. The zero-order valence-corrected chi connectivity index (χ0v) is 19.7. The van der Waals surface area contributed by atoms with Crippen LogP contribution in [-0.2, 0) is 17.9 Å². The molecule has 0 aliphatic rings. The van der Waals surface area contributed by atoms with Gasteiger partial charge in [-0.2, -0.15) is 4.37 Å². The molecule has 4 rings (SSSR count). The van der Waals surface area contributed by atoms with Gasteiger partial charge in [0, 0.05) is 6.54 Å². The van der Waals surface area contributed by atoms with Crippen LogP contribution < -0.4 is 16.8 Å². The van der Waals surface area contributed by atoms with Gasteiger partial charge in [0.25, 0.3) is 11.8 Å². The predicted octanol–water partition coefficient (Wildman–Crippen LogP) is 3.26. The first-order chi connectivity index (χ1) is 17.3. The Hall–Kier alpha value is -4.51. The molecule has 184 valence electrons. The van der Waals surface area contributed by atoms with Crippen LogP contribution in [0.25, 0.3) is 0 Å². The van der Waals surface area contributed by atoms with Crippen molar-refractivity contribution < 1.29 is 23.2 Å². The summed E-state index contributed by atoms with van der Waals surface area (Å²) in [4.78, 5) is 40.1. The first kappa shape index (κ1) is 24.6. The monoisotopic (exact) mass is 507 g/mol. The van der Waals surface area contributed by atoms with E-state index in [0.717, 1.165) is 5.56 Å². The van der Waals surface area contributed by atoms with Gasteiger partial charge >= 0.3 is 0 Å². The van der Waals surface area contributed by atoms with Crippen molar-refractivity contribution in [2.24, 2.45) is 5.73 Å². The summed E-state index contributed by atoms with van der Waals surface area (Å²) in [5.41, 5.74) is 12.1. The molecule has 5 N–H and O–H groups in total. The average Bonchev–Trinajstić information content (AvgIpc) is 3.53. The molecule has 0 bridgehead atoms. The van der Waals surface area contributed by atoms with E-state index in [0.29, 0.717) is 22.9 Å². The van der Waals surface area contributed by atoms with Crippen LogP contribution in [0, 0.1) is 5.82 Å². The number of hydrogen-bond acceptors (Lipinski definition) is 7. The van der Waals surface area contributed by atoms with Crippen molar-refractivity contribution in [3.05, 3.63) is 106 Å². The molecule has 11 heteroatoms. The molecule has 4 aromatic rings. The first-order valence-electron chi connectivity index (χ1n) is 10.8. The van der Waals surface area contributed by atoms with Gasteiger partial charge in [-0.3, -0.25) is 14.4 Å². The van der Waals surface area contributed by atoms with Gasteiger partial charge in [0.2, 0.25) is 5.91 Å². The highest BCUT2D eigenvalue weighted by molar-refractivity contribution is 7.09. The second kappa shape index (κ2) is 10.8. The van der Waals surface area contributed by atoms with E-state index >= 15 is 0 Å². The third-order valence-corrected chi connectivity index (χ3v) is 6.23. The SMILES string of the molecule is NC(=O)c1nsc(C(=O)N(Cc2ccco2)C(C(=O)NCc2ccccc2)c2ccc(F)cc2)c1N. The number of rotatable bonds is 9. The highest BCUT2D eigenvalue weighted by Crippen LogP contribution is 2.30. The molecule has 0 spiro atoms. The molecule has 9 nitrogen and oxygen atoms in total. The third kappa shape index (κ3) is 5.41. The standard InChI is InChI=1S/C25H22FN5O4S/c26-17-10-8-16(9-11-17)21(24(33)29-13-15-5-2-1-3-6-15)31(14-18-7-4-12-35-18)25(34)22-19(27)20(23(28)32)30-36-22/h1-12,21H,13-14,27H2,(H2,28,32)(H,29,33). The Balaban J connectivity index is 1.75. The number of carbonyl (C=O) groups is 3. The smallest absolute Gasteiger partial charge is 0.270 e. The number of primary amides is 1. The van der Waals surface area contributed by atoms with Gasteiger partial charge in [-0.05, 0) is 46.9 Å². The zero-order chi connectivity index (χ0) is 25.7. The van der Waals surface area contributed by atoms with E-state index in [9.17, 15) is 18.8 Å². The van der Waals surface area contributed by atoms with Gasteiger partial charge in [-0.25, -0.2) is 4.39 Å². The lowest BCUT2D eigenvalue weighted by Gasteiger charge is -2.30.